The van der Waals surface area contributed by atoms with E-state index in [1.807, 2.05) is 60.7 Å². The maximum absolute atomic E-state index is 11.8. The van der Waals surface area contributed by atoms with Crippen LogP contribution in [0.2, 0.25) is 0 Å². The van der Waals surface area contributed by atoms with Gasteiger partial charge in [-0.15, -0.1) is 0 Å². The molecular weight excluding hydrogens is 400 g/mol. The zero-order chi connectivity index (χ0) is 21.7. The topological polar surface area (TPSA) is 72.5 Å². The van der Waals surface area contributed by atoms with Crippen molar-refractivity contribution in [3.8, 4) is 0 Å². The summed E-state index contributed by atoms with van der Waals surface area (Å²) in [6.07, 6.45) is 1.02. The van der Waals surface area contributed by atoms with Crippen LogP contribution >= 0.6 is 0 Å². The maximum atomic E-state index is 11.8. The summed E-state index contributed by atoms with van der Waals surface area (Å²) >= 11 is 0. The van der Waals surface area contributed by atoms with Crippen molar-refractivity contribution in [1.29, 1.82) is 0 Å². The lowest BCUT2D eigenvalue weighted by Crippen LogP contribution is -2.40. The Balaban J connectivity index is 1.51. The Morgan fingerprint density at radius 3 is 2.23 bits per heavy atom. The van der Waals surface area contributed by atoms with E-state index < -0.39 is 24.5 Å². The van der Waals surface area contributed by atoms with Crippen molar-refractivity contribution in [1.82, 2.24) is 0 Å². The van der Waals surface area contributed by atoms with Gasteiger partial charge in [0.1, 0.15) is 12.9 Å². The molecule has 31 heavy (non-hydrogen) atoms. The normalized spacial score (nSPS) is 19.3. The van der Waals surface area contributed by atoms with Gasteiger partial charge in [0.2, 0.25) is 0 Å². The molecule has 0 bridgehead atoms. The van der Waals surface area contributed by atoms with E-state index in [0.29, 0.717) is 19.8 Å². The Morgan fingerprint density at radius 2 is 1.58 bits per heavy atom. The lowest BCUT2D eigenvalue weighted by molar-refractivity contribution is -0.134. The smallest absolute Gasteiger partial charge is 0.424 e. The van der Waals surface area contributed by atoms with Crippen LogP contribution in [0.25, 0.3) is 0 Å². The summed E-state index contributed by atoms with van der Waals surface area (Å²) in [6.45, 7) is 1.56. The van der Waals surface area contributed by atoms with E-state index in [1.165, 1.54) is 7.11 Å². The van der Waals surface area contributed by atoms with Gasteiger partial charge in [0.25, 0.3) is 0 Å². The van der Waals surface area contributed by atoms with Gasteiger partial charge in [0.15, 0.2) is 12.2 Å². The van der Waals surface area contributed by atoms with Gasteiger partial charge in [-0.3, -0.25) is 0 Å². The second-order valence-electron chi connectivity index (χ2n) is 6.96. The molecule has 0 spiro atoms. The molecule has 0 amide bonds. The highest BCUT2D eigenvalue weighted by Gasteiger charge is 2.41. The molecule has 3 atom stereocenters. The van der Waals surface area contributed by atoms with Gasteiger partial charge in [0, 0.05) is 7.11 Å². The molecule has 1 saturated heterocycles. The van der Waals surface area contributed by atoms with Crippen LogP contribution in [0, 0.1) is 0 Å². The van der Waals surface area contributed by atoms with Crippen LogP contribution in [-0.4, -0.2) is 51.6 Å². The number of carbonyl (C=O) groups is 1. The summed E-state index contributed by atoms with van der Waals surface area (Å²) in [4.78, 5) is 11.8. The zero-order valence-corrected chi connectivity index (χ0v) is 17.6. The van der Waals surface area contributed by atoms with Gasteiger partial charge in [-0.25, -0.2) is 4.79 Å². The first-order valence-corrected chi connectivity index (χ1v) is 10.1. The van der Waals surface area contributed by atoms with E-state index in [-0.39, 0.29) is 13.4 Å². The molecule has 7 nitrogen and oxygen atoms in total. The first-order chi connectivity index (χ1) is 15.3. The van der Waals surface area contributed by atoms with Gasteiger partial charge in [-0.05, 0) is 17.2 Å². The number of hydrogen-bond donors (Lipinski definition) is 0. The Morgan fingerprint density at radius 1 is 0.935 bits per heavy atom. The Hall–Kier alpha value is -2.71. The average molecular weight is 428 g/mol. The Kier molecular flexibility index (Phi) is 9.53. The third-order valence-electron chi connectivity index (χ3n) is 4.60. The average Bonchev–Trinajstić information content (AvgIpc) is 3.17. The van der Waals surface area contributed by atoms with E-state index in [2.05, 4.69) is 0 Å². The van der Waals surface area contributed by atoms with Crippen molar-refractivity contribution in [2.45, 2.75) is 31.5 Å². The van der Waals surface area contributed by atoms with Gasteiger partial charge in [-0.2, -0.15) is 0 Å². The highest BCUT2D eigenvalue weighted by atomic mass is 16.8. The van der Waals surface area contributed by atoms with Gasteiger partial charge in [0.05, 0.1) is 26.4 Å². The highest BCUT2D eigenvalue weighted by Crippen LogP contribution is 2.22. The van der Waals surface area contributed by atoms with Crippen LogP contribution in [0.5, 0.6) is 0 Å². The Labute approximate surface area is 182 Å². The van der Waals surface area contributed by atoms with E-state index >= 15 is 0 Å². The molecule has 0 aliphatic carbocycles. The summed E-state index contributed by atoms with van der Waals surface area (Å²) in [5.41, 5.74) is 2.13. The van der Waals surface area contributed by atoms with Gasteiger partial charge >= 0.3 is 6.16 Å². The molecule has 0 unspecified atom stereocenters. The lowest BCUT2D eigenvalue weighted by atomic mass is 10.1. The predicted octanol–water partition coefficient (Wildman–Crippen LogP) is 3.87. The molecule has 2 aromatic rings. The van der Waals surface area contributed by atoms with Crippen molar-refractivity contribution in [3.63, 3.8) is 0 Å². The van der Waals surface area contributed by atoms with Crippen LogP contribution in [0.1, 0.15) is 11.1 Å². The molecule has 166 valence electrons. The van der Waals surface area contributed by atoms with Crippen molar-refractivity contribution in [2.75, 3.05) is 27.1 Å². The summed E-state index contributed by atoms with van der Waals surface area (Å²) in [5.74, 6) is 0. The zero-order valence-electron chi connectivity index (χ0n) is 17.6. The van der Waals surface area contributed by atoms with Gasteiger partial charge in [-0.1, -0.05) is 66.7 Å². The van der Waals surface area contributed by atoms with Crippen molar-refractivity contribution in [3.05, 3.63) is 83.9 Å². The number of methoxy groups -OCH3 is 1. The van der Waals surface area contributed by atoms with Crippen molar-refractivity contribution < 1.29 is 33.2 Å². The molecule has 2 aromatic carbocycles. The highest BCUT2D eigenvalue weighted by molar-refractivity contribution is 5.63. The van der Waals surface area contributed by atoms with Crippen molar-refractivity contribution in [2.24, 2.45) is 0 Å². The second kappa shape index (κ2) is 12.9. The quantitative estimate of drug-likeness (QED) is 0.208. The van der Waals surface area contributed by atoms with Crippen LogP contribution in [0.15, 0.2) is 72.8 Å². The fraction of sp³-hybridized carbons (Fsp3) is 0.375. The molecule has 0 saturated carbocycles. The van der Waals surface area contributed by atoms with Crippen molar-refractivity contribution >= 4 is 6.16 Å². The fourth-order valence-corrected chi connectivity index (χ4v) is 3.09. The number of hydrogen-bond acceptors (Lipinski definition) is 7. The molecule has 1 heterocycles. The maximum Gasteiger partial charge on any atom is 0.509 e. The number of cyclic esters (lactones) is 2. The summed E-state index contributed by atoms with van der Waals surface area (Å²) in [5, 5.41) is 0. The summed E-state index contributed by atoms with van der Waals surface area (Å²) < 4.78 is 32.8. The molecule has 0 aromatic heterocycles. The van der Waals surface area contributed by atoms with Crippen LogP contribution in [0.3, 0.4) is 0 Å². The summed E-state index contributed by atoms with van der Waals surface area (Å²) in [7, 11) is 1.53. The van der Waals surface area contributed by atoms with Crippen LogP contribution in [0.4, 0.5) is 4.79 Å². The number of ether oxygens (including phenoxy) is 6. The molecule has 1 fully saturated rings. The first-order valence-electron chi connectivity index (χ1n) is 10.1. The Bertz CT molecular complexity index is 794. The molecule has 0 radical (unpaired) electrons. The third kappa shape index (κ3) is 7.80. The van der Waals surface area contributed by atoms with Gasteiger partial charge < -0.3 is 28.4 Å². The molecule has 1 aliphatic rings. The number of benzene rings is 2. The number of rotatable bonds is 13. The lowest BCUT2D eigenvalue weighted by Gasteiger charge is -2.23. The van der Waals surface area contributed by atoms with Crippen LogP contribution in [-0.2, 0) is 41.6 Å². The first kappa shape index (κ1) is 23.0. The SMILES string of the molecule is COCO[C@H](COCc1ccccc1)[C@H]1OC(=O)O[C@H]1/C=C/COCc1ccccc1. The molecule has 7 heteroatoms. The fourth-order valence-electron chi connectivity index (χ4n) is 3.09. The minimum atomic E-state index is -0.737. The largest absolute Gasteiger partial charge is 0.509 e. The third-order valence-corrected chi connectivity index (χ3v) is 4.60. The molecule has 3 rings (SSSR count). The molecule has 0 N–H and O–H groups in total. The standard InChI is InChI=1S/C24H28O7/c1-26-18-29-22(17-28-16-20-11-6-3-7-12-20)23-21(30-24(25)31-23)13-8-14-27-15-19-9-4-2-5-10-19/h2-13,21-23H,14-18H2,1H3/b13-8+/t21-,22+,23-/m0/s1. The molecule has 1 aliphatic heterocycles. The van der Waals surface area contributed by atoms with Crippen LogP contribution < -0.4 is 0 Å². The minimum absolute atomic E-state index is 0.0457. The number of carbonyl (C=O) groups excluding carboxylic acids is 1. The van der Waals surface area contributed by atoms with E-state index in [9.17, 15) is 4.79 Å². The monoisotopic (exact) mass is 428 g/mol. The molecular formula is C24H28O7. The second-order valence-corrected chi connectivity index (χ2v) is 6.96. The summed E-state index contributed by atoms with van der Waals surface area (Å²) in [6, 6.07) is 19.7. The minimum Gasteiger partial charge on any atom is -0.424 e. The van der Waals surface area contributed by atoms with E-state index in [4.69, 9.17) is 28.4 Å². The van der Waals surface area contributed by atoms with E-state index in [1.54, 1.807) is 12.2 Å². The van der Waals surface area contributed by atoms with E-state index in [0.717, 1.165) is 11.1 Å². The predicted molar refractivity (Wildman–Crippen MR) is 113 cm³/mol.